The van der Waals surface area contributed by atoms with Gasteiger partial charge in [0.15, 0.2) is 0 Å². The molecule has 1 heterocycles. The molecule has 4 heteroatoms. The maximum Gasteiger partial charge on any atom is 0.230 e. The van der Waals surface area contributed by atoms with E-state index in [1.807, 2.05) is 37.3 Å². The van der Waals surface area contributed by atoms with E-state index in [2.05, 4.69) is 0 Å². The number of ether oxygens (including phenoxy) is 1. The number of amides is 1. The Bertz CT molecular complexity index is 393. The fourth-order valence-electron chi connectivity index (χ4n) is 2.19. The van der Waals surface area contributed by atoms with Crippen LogP contribution in [-0.4, -0.2) is 48.3 Å². The van der Waals surface area contributed by atoms with Gasteiger partial charge in [0.1, 0.15) is 0 Å². The van der Waals surface area contributed by atoms with Crippen LogP contribution in [0.25, 0.3) is 0 Å². The van der Waals surface area contributed by atoms with Gasteiger partial charge < -0.3 is 14.7 Å². The van der Waals surface area contributed by atoms with E-state index in [9.17, 15) is 4.79 Å². The maximum absolute atomic E-state index is 12.3. The number of aliphatic hydroxyl groups excluding tert-OH is 1. The molecule has 1 aromatic carbocycles. The van der Waals surface area contributed by atoms with E-state index >= 15 is 0 Å². The monoisotopic (exact) mass is 249 g/mol. The Morgan fingerprint density at radius 2 is 2.22 bits per heavy atom. The predicted molar refractivity (Wildman–Crippen MR) is 68.3 cm³/mol. The number of hydrogen-bond donors (Lipinski definition) is 1. The molecule has 0 spiro atoms. The van der Waals surface area contributed by atoms with Crippen molar-refractivity contribution in [1.29, 1.82) is 0 Å². The van der Waals surface area contributed by atoms with Crippen molar-refractivity contribution in [2.75, 3.05) is 26.3 Å². The number of morpholine rings is 1. The zero-order chi connectivity index (χ0) is 13.0. The van der Waals surface area contributed by atoms with Gasteiger partial charge in [0.2, 0.25) is 5.91 Å². The molecular formula is C14H19NO3. The SMILES string of the molecule is CC(C(=O)N1CCOC(CO)C1)c1ccccc1. The number of carbonyl (C=O) groups excluding carboxylic acids is 1. The first-order valence-corrected chi connectivity index (χ1v) is 6.28. The second-order valence-electron chi connectivity index (χ2n) is 4.59. The number of rotatable bonds is 3. The van der Waals surface area contributed by atoms with Crippen LogP contribution in [0.1, 0.15) is 18.4 Å². The van der Waals surface area contributed by atoms with Gasteiger partial charge in [-0.25, -0.2) is 0 Å². The summed E-state index contributed by atoms with van der Waals surface area (Å²) in [5.74, 6) is -0.0495. The fraction of sp³-hybridized carbons (Fsp3) is 0.500. The molecule has 2 rings (SSSR count). The van der Waals surface area contributed by atoms with E-state index in [4.69, 9.17) is 9.84 Å². The molecule has 1 aromatic rings. The number of carbonyl (C=O) groups is 1. The molecule has 1 aliphatic heterocycles. The molecular weight excluding hydrogens is 230 g/mol. The standard InChI is InChI=1S/C14H19NO3/c1-11(12-5-3-2-4-6-12)14(17)15-7-8-18-13(9-15)10-16/h2-6,11,13,16H,7-10H2,1H3. The van der Waals surface area contributed by atoms with Crippen LogP contribution >= 0.6 is 0 Å². The normalized spacial score (nSPS) is 21.7. The third-order valence-electron chi connectivity index (χ3n) is 3.32. The lowest BCUT2D eigenvalue weighted by Gasteiger charge is -2.33. The summed E-state index contributed by atoms with van der Waals surface area (Å²) in [6.45, 7) is 3.46. The molecule has 1 aliphatic rings. The van der Waals surface area contributed by atoms with E-state index in [0.717, 1.165) is 5.56 Å². The largest absolute Gasteiger partial charge is 0.394 e. The molecule has 1 fully saturated rings. The van der Waals surface area contributed by atoms with E-state index < -0.39 is 0 Å². The van der Waals surface area contributed by atoms with Crippen LogP contribution in [0.15, 0.2) is 30.3 Å². The van der Waals surface area contributed by atoms with Crippen molar-refractivity contribution in [3.8, 4) is 0 Å². The lowest BCUT2D eigenvalue weighted by molar-refractivity contribution is -0.141. The van der Waals surface area contributed by atoms with E-state index in [-0.39, 0.29) is 24.5 Å². The molecule has 0 radical (unpaired) electrons. The van der Waals surface area contributed by atoms with Crippen LogP contribution < -0.4 is 0 Å². The zero-order valence-electron chi connectivity index (χ0n) is 10.6. The summed E-state index contributed by atoms with van der Waals surface area (Å²) in [7, 11) is 0. The van der Waals surface area contributed by atoms with Gasteiger partial charge in [0.05, 0.1) is 25.2 Å². The summed E-state index contributed by atoms with van der Waals surface area (Å²) in [6.07, 6.45) is -0.245. The van der Waals surface area contributed by atoms with E-state index in [1.165, 1.54) is 0 Å². The minimum absolute atomic E-state index is 0.0382. The van der Waals surface area contributed by atoms with Crippen molar-refractivity contribution in [1.82, 2.24) is 4.90 Å². The lowest BCUT2D eigenvalue weighted by atomic mass is 9.99. The minimum Gasteiger partial charge on any atom is -0.394 e. The van der Waals surface area contributed by atoms with Gasteiger partial charge >= 0.3 is 0 Å². The van der Waals surface area contributed by atoms with Gasteiger partial charge in [0.25, 0.3) is 0 Å². The molecule has 0 saturated carbocycles. The molecule has 4 nitrogen and oxygen atoms in total. The van der Waals surface area contributed by atoms with Crippen molar-refractivity contribution in [3.05, 3.63) is 35.9 Å². The minimum atomic E-state index is -0.245. The van der Waals surface area contributed by atoms with Gasteiger partial charge in [-0.1, -0.05) is 30.3 Å². The van der Waals surface area contributed by atoms with E-state index in [0.29, 0.717) is 19.7 Å². The van der Waals surface area contributed by atoms with Crippen molar-refractivity contribution in [2.24, 2.45) is 0 Å². The number of nitrogens with zero attached hydrogens (tertiary/aromatic N) is 1. The molecule has 1 amide bonds. The molecule has 0 bridgehead atoms. The van der Waals surface area contributed by atoms with Gasteiger partial charge in [-0.2, -0.15) is 0 Å². The quantitative estimate of drug-likeness (QED) is 0.869. The van der Waals surface area contributed by atoms with Crippen LogP contribution in [0.5, 0.6) is 0 Å². The number of hydrogen-bond acceptors (Lipinski definition) is 3. The highest BCUT2D eigenvalue weighted by molar-refractivity contribution is 5.83. The second kappa shape index (κ2) is 5.98. The van der Waals surface area contributed by atoms with Crippen molar-refractivity contribution in [3.63, 3.8) is 0 Å². The Hall–Kier alpha value is -1.39. The molecule has 2 atom stereocenters. The zero-order valence-corrected chi connectivity index (χ0v) is 10.6. The number of benzene rings is 1. The molecule has 0 aromatic heterocycles. The first kappa shape index (κ1) is 13.1. The third kappa shape index (κ3) is 2.89. The average Bonchev–Trinajstić information content (AvgIpc) is 2.46. The first-order chi connectivity index (χ1) is 8.72. The summed E-state index contributed by atoms with van der Waals surface area (Å²) in [6, 6.07) is 9.75. The summed E-state index contributed by atoms with van der Waals surface area (Å²) in [5, 5.41) is 9.08. The van der Waals surface area contributed by atoms with Crippen LogP contribution in [0.4, 0.5) is 0 Å². The van der Waals surface area contributed by atoms with Gasteiger partial charge in [-0.3, -0.25) is 4.79 Å². The highest BCUT2D eigenvalue weighted by atomic mass is 16.5. The molecule has 1 N–H and O–H groups in total. The van der Waals surface area contributed by atoms with Crippen molar-refractivity contribution in [2.45, 2.75) is 18.9 Å². The summed E-state index contributed by atoms with van der Waals surface area (Å²) in [4.78, 5) is 14.1. The highest BCUT2D eigenvalue weighted by Crippen LogP contribution is 2.19. The summed E-state index contributed by atoms with van der Waals surface area (Å²) >= 11 is 0. The van der Waals surface area contributed by atoms with Crippen LogP contribution in [0.2, 0.25) is 0 Å². The molecule has 0 aliphatic carbocycles. The Balaban J connectivity index is 2.02. The predicted octanol–water partition coefficient (Wildman–Crippen LogP) is 1.01. The Morgan fingerprint density at radius 3 is 2.89 bits per heavy atom. The highest BCUT2D eigenvalue weighted by Gasteiger charge is 2.27. The molecule has 18 heavy (non-hydrogen) atoms. The van der Waals surface area contributed by atoms with Gasteiger partial charge in [0, 0.05) is 13.1 Å². The molecule has 2 unspecified atom stereocenters. The Morgan fingerprint density at radius 1 is 1.50 bits per heavy atom. The fourth-order valence-corrected chi connectivity index (χ4v) is 2.19. The first-order valence-electron chi connectivity index (χ1n) is 6.28. The molecule has 1 saturated heterocycles. The summed E-state index contributed by atoms with van der Waals surface area (Å²) < 4.78 is 5.35. The Labute approximate surface area is 107 Å². The smallest absolute Gasteiger partial charge is 0.230 e. The summed E-state index contributed by atoms with van der Waals surface area (Å²) in [5.41, 5.74) is 1.02. The van der Waals surface area contributed by atoms with Crippen LogP contribution in [0, 0.1) is 0 Å². The topological polar surface area (TPSA) is 49.8 Å². The Kier molecular flexibility index (Phi) is 4.33. The average molecular weight is 249 g/mol. The maximum atomic E-state index is 12.3. The van der Waals surface area contributed by atoms with Crippen molar-refractivity contribution >= 4 is 5.91 Å². The number of aliphatic hydroxyl groups is 1. The van der Waals surface area contributed by atoms with E-state index in [1.54, 1.807) is 4.90 Å². The van der Waals surface area contributed by atoms with Crippen LogP contribution in [-0.2, 0) is 9.53 Å². The van der Waals surface area contributed by atoms with Gasteiger partial charge in [-0.05, 0) is 12.5 Å². The lowest BCUT2D eigenvalue weighted by Crippen LogP contribution is -2.48. The second-order valence-corrected chi connectivity index (χ2v) is 4.59. The van der Waals surface area contributed by atoms with Crippen molar-refractivity contribution < 1.29 is 14.6 Å². The molecule has 98 valence electrons. The van der Waals surface area contributed by atoms with Crippen LogP contribution in [0.3, 0.4) is 0 Å². The van der Waals surface area contributed by atoms with Gasteiger partial charge in [-0.15, -0.1) is 0 Å². The third-order valence-corrected chi connectivity index (χ3v) is 3.32.